The number of fused-ring (bicyclic) bond motifs is 1. The summed E-state index contributed by atoms with van der Waals surface area (Å²) < 4.78 is 11.8. The third kappa shape index (κ3) is 2.68. The van der Waals surface area contributed by atoms with Gasteiger partial charge in [-0.1, -0.05) is 23.3 Å². The van der Waals surface area contributed by atoms with Gasteiger partial charge in [0.2, 0.25) is 5.91 Å². The largest absolute Gasteiger partial charge is 0.390 e. The van der Waals surface area contributed by atoms with E-state index in [4.69, 9.17) is 11.6 Å². The Bertz CT molecular complexity index is 770. The molecule has 5 aliphatic carbocycles. The first-order valence-corrected chi connectivity index (χ1v) is 10.1. The number of carbonyl (C=O) groups excluding carboxylic acids is 1. The molecule has 1 aromatic carbocycles. The van der Waals surface area contributed by atoms with Crippen LogP contribution in [0, 0.1) is 11.8 Å². The van der Waals surface area contributed by atoms with Gasteiger partial charge in [0.05, 0.1) is 16.4 Å². The SMILES string of the molecule is CC(C)(C(=O)NC1C2CC3(O)CC=C2[C@@H]1C3)S(=O)c1ccc(Cl)cc1. The summed E-state index contributed by atoms with van der Waals surface area (Å²) in [6.45, 7) is 3.42. The molecule has 1 aromatic rings. The molecule has 0 saturated heterocycles. The van der Waals surface area contributed by atoms with Crippen molar-refractivity contribution in [2.45, 2.75) is 54.4 Å². The van der Waals surface area contributed by atoms with E-state index in [2.05, 4.69) is 11.4 Å². The molecular weight excluding hydrogens is 358 g/mol. The van der Waals surface area contributed by atoms with E-state index in [-0.39, 0.29) is 23.8 Å². The van der Waals surface area contributed by atoms with E-state index in [1.54, 1.807) is 38.1 Å². The van der Waals surface area contributed by atoms with Crippen molar-refractivity contribution < 1.29 is 14.1 Å². The number of nitrogens with one attached hydrogen (secondary N) is 1. The number of benzene rings is 1. The maximum atomic E-state index is 12.9. The van der Waals surface area contributed by atoms with Crippen molar-refractivity contribution in [2.24, 2.45) is 11.8 Å². The van der Waals surface area contributed by atoms with E-state index in [1.807, 2.05) is 0 Å². The second-order valence-corrected chi connectivity index (χ2v) is 10.5. The third-order valence-corrected chi connectivity index (χ3v) is 8.04. The summed E-state index contributed by atoms with van der Waals surface area (Å²) in [5.74, 6) is 0.272. The highest BCUT2D eigenvalue weighted by atomic mass is 35.5. The van der Waals surface area contributed by atoms with Crippen molar-refractivity contribution in [1.82, 2.24) is 5.32 Å². The lowest BCUT2D eigenvalue weighted by atomic mass is 9.49. The Labute approximate surface area is 155 Å². The van der Waals surface area contributed by atoms with E-state index < -0.39 is 21.1 Å². The summed E-state index contributed by atoms with van der Waals surface area (Å²) in [6, 6.07) is 6.82. The Morgan fingerprint density at radius 1 is 1.28 bits per heavy atom. The van der Waals surface area contributed by atoms with Crippen molar-refractivity contribution in [1.29, 1.82) is 0 Å². The van der Waals surface area contributed by atoms with Crippen molar-refractivity contribution in [3.05, 3.63) is 40.9 Å². The lowest BCUT2D eigenvalue weighted by molar-refractivity contribution is -0.129. The molecule has 6 heteroatoms. The molecule has 0 radical (unpaired) electrons. The van der Waals surface area contributed by atoms with Gasteiger partial charge in [-0.25, -0.2) is 0 Å². The van der Waals surface area contributed by atoms with Crippen LogP contribution >= 0.6 is 11.6 Å². The maximum absolute atomic E-state index is 12.9. The summed E-state index contributed by atoms with van der Waals surface area (Å²) >= 11 is 5.88. The van der Waals surface area contributed by atoms with Gasteiger partial charge in [-0.15, -0.1) is 0 Å². The van der Waals surface area contributed by atoms with Gasteiger partial charge in [0.1, 0.15) is 4.75 Å². The highest BCUT2D eigenvalue weighted by Crippen LogP contribution is 2.58. The van der Waals surface area contributed by atoms with Gasteiger partial charge in [0.25, 0.3) is 0 Å². The van der Waals surface area contributed by atoms with Crippen molar-refractivity contribution >= 4 is 28.3 Å². The molecule has 4 unspecified atom stereocenters. The molecule has 3 saturated carbocycles. The molecular formula is C19H22ClNO3S. The Morgan fingerprint density at radius 2 is 1.88 bits per heavy atom. The van der Waals surface area contributed by atoms with E-state index in [1.165, 1.54) is 5.57 Å². The molecule has 2 N–H and O–H groups in total. The minimum absolute atomic E-state index is 0.0563. The topological polar surface area (TPSA) is 66.4 Å². The average Bonchev–Trinajstić information content (AvgIpc) is 2.58. The molecule has 5 atom stereocenters. The van der Waals surface area contributed by atoms with Crippen LogP contribution in [0.1, 0.15) is 33.1 Å². The van der Waals surface area contributed by atoms with Crippen LogP contribution in [0.2, 0.25) is 5.02 Å². The zero-order valence-corrected chi connectivity index (χ0v) is 15.9. The Morgan fingerprint density at radius 3 is 2.44 bits per heavy atom. The average molecular weight is 380 g/mol. The van der Waals surface area contributed by atoms with Gasteiger partial charge < -0.3 is 10.4 Å². The standard InChI is InChI=1S/C19H22ClNO3S/c1-18(2,25(24)12-5-3-11(20)4-6-12)17(22)21-16-14-9-19(23)8-7-13(14)15(16)10-19/h3-7,14-16,23H,8-10H2,1-2H3,(H,21,22)/t14-,15?,16?,19?,25?/m0/s1. The molecule has 0 aromatic heterocycles. The number of carbonyl (C=O) groups is 1. The van der Waals surface area contributed by atoms with Crippen molar-refractivity contribution in [3.63, 3.8) is 0 Å². The van der Waals surface area contributed by atoms with E-state index in [0.717, 1.165) is 19.3 Å². The van der Waals surface area contributed by atoms with Crippen LogP contribution < -0.4 is 5.32 Å². The Balaban J connectivity index is 1.48. The Kier molecular flexibility index (Phi) is 3.91. The quantitative estimate of drug-likeness (QED) is 0.790. The summed E-state index contributed by atoms with van der Waals surface area (Å²) in [6.07, 6.45) is 4.33. The predicted molar refractivity (Wildman–Crippen MR) is 97.7 cm³/mol. The monoisotopic (exact) mass is 379 g/mol. The van der Waals surface area contributed by atoms with Gasteiger partial charge in [0.15, 0.2) is 0 Å². The number of hydrogen-bond donors (Lipinski definition) is 2. The minimum Gasteiger partial charge on any atom is -0.390 e. The molecule has 25 heavy (non-hydrogen) atoms. The van der Waals surface area contributed by atoms with Gasteiger partial charge in [-0.2, -0.15) is 0 Å². The first kappa shape index (κ1) is 17.3. The number of rotatable bonds is 4. The first-order valence-electron chi connectivity index (χ1n) is 8.62. The van der Waals surface area contributed by atoms with Crippen LogP contribution in [-0.4, -0.2) is 31.6 Å². The summed E-state index contributed by atoms with van der Waals surface area (Å²) in [4.78, 5) is 13.4. The Hall–Kier alpha value is -1.17. The molecule has 4 nitrogen and oxygen atoms in total. The zero-order valence-electron chi connectivity index (χ0n) is 14.3. The zero-order chi connectivity index (χ0) is 18.0. The lowest BCUT2D eigenvalue weighted by Crippen LogP contribution is -2.67. The third-order valence-electron chi connectivity index (χ3n) is 5.98. The van der Waals surface area contributed by atoms with Crippen LogP contribution in [0.25, 0.3) is 0 Å². The van der Waals surface area contributed by atoms with E-state index in [9.17, 15) is 14.1 Å². The van der Waals surface area contributed by atoms with Crippen LogP contribution in [0.5, 0.6) is 0 Å². The molecule has 4 bridgehead atoms. The van der Waals surface area contributed by atoms with Gasteiger partial charge in [-0.3, -0.25) is 9.00 Å². The second-order valence-electron chi connectivity index (χ2n) is 7.99. The fourth-order valence-corrected chi connectivity index (χ4v) is 5.81. The highest BCUT2D eigenvalue weighted by Gasteiger charge is 2.59. The normalized spacial score (nSPS) is 34.1. The van der Waals surface area contributed by atoms with Crippen LogP contribution in [-0.2, 0) is 15.6 Å². The van der Waals surface area contributed by atoms with E-state index >= 15 is 0 Å². The summed E-state index contributed by atoms with van der Waals surface area (Å²) in [5.41, 5.74) is 0.804. The maximum Gasteiger partial charge on any atom is 0.238 e. The van der Waals surface area contributed by atoms with Gasteiger partial charge in [0, 0.05) is 27.8 Å². The minimum atomic E-state index is -1.48. The van der Waals surface area contributed by atoms with Crippen LogP contribution in [0.4, 0.5) is 0 Å². The second kappa shape index (κ2) is 5.66. The molecule has 5 aliphatic rings. The van der Waals surface area contributed by atoms with Crippen LogP contribution in [0.15, 0.2) is 40.8 Å². The summed E-state index contributed by atoms with van der Waals surface area (Å²) in [5, 5.41) is 14.2. The molecule has 134 valence electrons. The van der Waals surface area contributed by atoms with Gasteiger partial charge >= 0.3 is 0 Å². The first-order chi connectivity index (χ1) is 11.7. The fraction of sp³-hybridized carbons (Fsp3) is 0.526. The number of halogens is 1. The molecule has 6 rings (SSSR count). The smallest absolute Gasteiger partial charge is 0.238 e. The van der Waals surface area contributed by atoms with Gasteiger partial charge in [-0.05, 0) is 57.4 Å². The number of hydrogen-bond acceptors (Lipinski definition) is 3. The highest BCUT2D eigenvalue weighted by molar-refractivity contribution is 7.87. The molecule has 0 spiro atoms. The molecule has 3 fully saturated rings. The van der Waals surface area contributed by atoms with Crippen molar-refractivity contribution in [3.8, 4) is 0 Å². The number of amides is 1. The molecule has 1 amide bonds. The predicted octanol–water partition coefficient (Wildman–Crippen LogP) is 2.81. The molecule has 0 heterocycles. The van der Waals surface area contributed by atoms with E-state index in [0.29, 0.717) is 9.92 Å². The number of aliphatic hydroxyl groups is 1. The van der Waals surface area contributed by atoms with Crippen LogP contribution in [0.3, 0.4) is 0 Å². The molecule has 0 aliphatic heterocycles. The van der Waals surface area contributed by atoms with Crippen molar-refractivity contribution in [2.75, 3.05) is 0 Å². The fourth-order valence-electron chi connectivity index (χ4n) is 4.48. The lowest BCUT2D eigenvalue weighted by Gasteiger charge is -2.60. The summed E-state index contributed by atoms with van der Waals surface area (Å²) in [7, 11) is -1.48.